The van der Waals surface area contributed by atoms with Gasteiger partial charge >= 0.3 is 0 Å². The maximum absolute atomic E-state index is 11.4. The second-order valence-electron chi connectivity index (χ2n) is 5.60. The first kappa shape index (κ1) is 13.8. The number of hydrogen-bond acceptors (Lipinski definition) is 5. The van der Waals surface area contributed by atoms with Gasteiger partial charge in [-0.3, -0.25) is 19.8 Å². The molecule has 1 amide bonds. The highest BCUT2D eigenvalue weighted by Gasteiger charge is 2.31. The molecular weight excluding hydrogens is 272 g/mol. The van der Waals surface area contributed by atoms with Gasteiger partial charge in [-0.1, -0.05) is 0 Å². The van der Waals surface area contributed by atoms with Gasteiger partial charge in [0.25, 0.3) is 11.6 Å². The molecule has 1 aromatic rings. The van der Waals surface area contributed by atoms with Crippen LogP contribution in [0.1, 0.15) is 23.2 Å². The average molecular weight is 290 g/mol. The van der Waals surface area contributed by atoms with Crippen molar-refractivity contribution < 1.29 is 9.72 Å². The Morgan fingerprint density at radius 1 is 1.33 bits per heavy atom. The summed E-state index contributed by atoms with van der Waals surface area (Å²) in [6.45, 7) is 3.92. The van der Waals surface area contributed by atoms with Gasteiger partial charge in [-0.05, 0) is 31.5 Å². The van der Waals surface area contributed by atoms with Crippen LogP contribution in [0.25, 0.3) is 0 Å². The number of rotatable bonds is 3. The smallest absolute Gasteiger partial charge is 0.282 e. The lowest BCUT2D eigenvalue weighted by Crippen LogP contribution is -2.50. The number of benzene rings is 1. The molecule has 1 unspecified atom stereocenters. The first-order valence-electron chi connectivity index (χ1n) is 7.13. The Morgan fingerprint density at radius 3 is 2.86 bits per heavy atom. The van der Waals surface area contributed by atoms with E-state index >= 15 is 0 Å². The number of nitrogens with zero attached hydrogens (tertiary/aromatic N) is 3. The number of piperazine rings is 1. The summed E-state index contributed by atoms with van der Waals surface area (Å²) in [5.74, 6) is -0.761. The molecule has 7 nitrogen and oxygen atoms in total. The zero-order valence-electron chi connectivity index (χ0n) is 11.7. The van der Waals surface area contributed by atoms with Gasteiger partial charge in [-0.15, -0.1) is 0 Å². The molecule has 1 atom stereocenters. The Labute approximate surface area is 122 Å². The Kier molecular flexibility index (Phi) is 3.50. The Morgan fingerprint density at radius 2 is 2.14 bits per heavy atom. The maximum atomic E-state index is 11.4. The molecule has 3 rings (SSSR count). The van der Waals surface area contributed by atoms with Gasteiger partial charge in [0.2, 0.25) is 0 Å². The zero-order chi connectivity index (χ0) is 15.0. The lowest BCUT2D eigenvalue weighted by atomic mass is 10.1. The third-order valence-corrected chi connectivity index (χ3v) is 4.39. The summed E-state index contributed by atoms with van der Waals surface area (Å²) in [5.41, 5.74) is 5.85. The normalized spacial score (nSPS) is 22.1. The molecule has 2 aliphatic heterocycles. The van der Waals surface area contributed by atoms with Crippen LogP contribution >= 0.6 is 0 Å². The minimum absolute atomic E-state index is 0.0219. The van der Waals surface area contributed by atoms with Crippen molar-refractivity contribution in [1.29, 1.82) is 0 Å². The van der Waals surface area contributed by atoms with E-state index in [1.54, 1.807) is 12.1 Å². The minimum atomic E-state index is -0.761. The van der Waals surface area contributed by atoms with Crippen LogP contribution < -0.4 is 10.6 Å². The summed E-state index contributed by atoms with van der Waals surface area (Å²) in [6, 6.07) is 5.17. The third-order valence-electron chi connectivity index (χ3n) is 4.39. The van der Waals surface area contributed by atoms with E-state index in [1.807, 2.05) is 0 Å². The van der Waals surface area contributed by atoms with Gasteiger partial charge in [0.05, 0.1) is 4.92 Å². The quantitative estimate of drug-likeness (QED) is 0.661. The molecule has 2 saturated heterocycles. The topological polar surface area (TPSA) is 92.7 Å². The highest BCUT2D eigenvalue weighted by molar-refractivity contribution is 5.98. The van der Waals surface area contributed by atoms with Crippen molar-refractivity contribution in [2.75, 3.05) is 31.1 Å². The lowest BCUT2D eigenvalue weighted by molar-refractivity contribution is -0.385. The second-order valence-corrected chi connectivity index (χ2v) is 5.60. The number of amides is 1. The van der Waals surface area contributed by atoms with Crippen molar-refractivity contribution in [3.05, 3.63) is 33.9 Å². The average Bonchev–Trinajstić information content (AvgIpc) is 2.93. The van der Waals surface area contributed by atoms with E-state index in [1.165, 1.54) is 18.9 Å². The maximum Gasteiger partial charge on any atom is 0.282 e. The molecule has 7 heteroatoms. The van der Waals surface area contributed by atoms with Gasteiger partial charge < -0.3 is 10.6 Å². The molecule has 0 saturated carbocycles. The summed E-state index contributed by atoms with van der Waals surface area (Å²) in [7, 11) is 0. The minimum Gasteiger partial charge on any atom is -0.369 e. The third kappa shape index (κ3) is 2.56. The molecule has 2 fully saturated rings. The molecule has 21 heavy (non-hydrogen) atoms. The first-order valence-corrected chi connectivity index (χ1v) is 7.13. The summed E-state index contributed by atoms with van der Waals surface area (Å²) in [5, 5.41) is 10.9. The Bertz CT molecular complexity index is 590. The van der Waals surface area contributed by atoms with E-state index in [9.17, 15) is 14.9 Å². The van der Waals surface area contributed by atoms with Crippen molar-refractivity contribution in [2.24, 2.45) is 5.73 Å². The zero-order valence-corrected chi connectivity index (χ0v) is 11.7. The van der Waals surface area contributed by atoms with E-state index in [-0.39, 0.29) is 11.3 Å². The number of anilines is 1. The molecule has 2 N–H and O–H groups in total. The van der Waals surface area contributed by atoms with Crippen molar-refractivity contribution in [3.8, 4) is 0 Å². The van der Waals surface area contributed by atoms with Gasteiger partial charge in [-0.25, -0.2) is 0 Å². The van der Waals surface area contributed by atoms with Crippen molar-refractivity contribution in [3.63, 3.8) is 0 Å². The standard InChI is InChI=1S/C14H18N4O3/c15-14(19)12-8-10(3-4-13(12)18(20)21)17-7-6-16-5-1-2-11(16)9-17/h3-4,8,11H,1-2,5-7,9H2,(H2,15,19). The molecule has 0 radical (unpaired) electrons. The van der Waals surface area contributed by atoms with Gasteiger partial charge in [0, 0.05) is 37.4 Å². The number of primary amides is 1. The number of carbonyl (C=O) groups is 1. The number of nitrogens with two attached hydrogens (primary N) is 1. The number of hydrogen-bond donors (Lipinski definition) is 1. The number of nitro benzene ring substituents is 1. The first-order chi connectivity index (χ1) is 10.1. The van der Waals surface area contributed by atoms with Crippen LogP contribution in [-0.2, 0) is 0 Å². The Hall–Kier alpha value is -2.15. The largest absolute Gasteiger partial charge is 0.369 e. The number of nitro groups is 1. The van der Waals surface area contributed by atoms with Crippen molar-refractivity contribution >= 4 is 17.3 Å². The molecule has 0 bridgehead atoms. The summed E-state index contributed by atoms with van der Waals surface area (Å²) in [4.78, 5) is 26.5. The van der Waals surface area contributed by atoms with E-state index in [4.69, 9.17) is 5.73 Å². The fraction of sp³-hybridized carbons (Fsp3) is 0.500. The SMILES string of the molecule is NC(=O)c1cc(N2CCN3CCCC3C2)ccc1[N+](=O)[O-]. The van der Waals surface area contributed by atoms with Crippen LogP contribution in [0, 0.1) is 10.1 Å². The lowest BCUT2D eigenvalue weighted by Gasteiger charge is -2.38. The van der Waals surface area contributed by atoms with Crippen LogP contribution in [0.2, 0.25) is 0 Å². The van der Waals surface area contributed by atoms with Crippen molar-refractivity contribution in [1.82, 2.24) is 4.90 Å². The molecule has 2 aliphatic rings. The van der Waals surface area contributed by atoms with Gasteiger partial charge in [0.1, 0.15) is 5.56 Å². The second kappa shape index (κ2) is 5.33. The van der Waals surface area contributed by atoms with Crippen LogP contribution in [0.3, 0.4) is 0 Å². The van der Waals surface area contributed by atoms with Crippen molar-refractivity contribution in [2.45, 2.75) is 18.9 Å². The molecule has 1 aromatic carbocycles. The predicted molar refractivity (Wildman–Crippen MR) is 78.4 cm³/mol. The highest BCUT2D eigenvalue weighted by atomic mass is 16.6. The molecule has 112 valence electrons. The molecule has 0 spiro atoms. The van der Waals surface area contributed by atoms with E-state index in [0.717, 1.165) is 31.9 Å². The Balaban J connectivity index is 1.87. The molecule has 0 aliphatic carbocycles. The van der Waals surface area contributed by atoms with E-state index in [0.29, 0.717) is 6.04 Å². The van der Waals surface area contributed by atoms with Crippen LogP contribution in [0.5, 0.6) is 0 Å². The molecular formula is C14H18N4O3. The summed E-state index contributed by atoms with van der Waals surface area (Å²) >= 11 is 0. The van der Waals surface area contributed by atoms with Gasteiger partial charge in [-0.2, -0.15) is 0 Å². The fourth-order valence-electron chi connectivity index (χ4n) is 3.30. The van der Waals surface area contributed by atoms with Gasteiger partial charge in [0.15, 0.2) is 0 Å². The fourth-order valence-corrected chi connectivity index (χ4v) is 3.30. The van der Waals surface area contributed by atoms with Crippen LogP contribution in [0.15, 0.2) is 18.2 Å². The van der Waals surface area contributed by atoms with Crippen LogP contribution in [-0.4, -0.2) is 48.0 Å². The summed E-state index contributed by atoms with van der Waals surface area (Å²) in [6.07, 6.45) is 2.41. The summed E-state index contributed by atoms with van der Waals surface area (Å²) < 4.78 is 0. The van der Waals surface area contributed by atoms with E-state index in [2.05, 4.69) is 9.80 Å². The number of carbonyl (C=O) groups excluding carboxylic acids is 1. The number of fused-ring (bicyclic) bond motifs is 1. The predicted octanol–water partition coefficient (Wildman–Crippen LogP) is 0.978. The molecule has 0 aromatic heterocycles. The molecule has 2 heterocycles. The van der Waals surface area contributed by atoms with E-state index < -0.39 is 10.8 Å². The monoisotopic (exact) mass is 290 g/mol. The van der Waals surface area contributed by atoms with Crippen LogP contribution in [0.4, 0.5) is 11.4 Å². The highest BCUT2D eigenvalue weighted by Crippen LogP contribution is 2.29.